The van der Waals surface area contributed by atoms with Crippen molar-refractivity contribution in [1.82, 2.24) is 4.98 Å². The zero-order valence-corrected chi connectivity index (χ0v) is 7.30. The van der Waals surface area contributed by atoms with Crippen LogP contribution in [0.2, 0.25) is 5.02 Å². The number of carboxylic acids is 1. The van der Waals surface area contributed by atoms with Crippen molar-refractivity contribution < 1.29 is 9.90 Å². The number of carbonyl (C=O) groups is 1. The molecule has 0 fully saturated rings. The SMILES string of the molecule is Cc1cc(Cl)cnc1CC(=O)O. The molecule has 0 aliphatic carbocycles. The lowest BCUT2D eigenvalue weighted by molar-refractivity contribution is -0.136. The Bertz CT molecular complexity index is 312. The van der Waals surface area contributed by atoms with Gasteiger partial charge in [0.2, 0.25) is 0 Å². The molecule has 0 saturated heterocycles. The van der Waals surface area contributed by atoms with Crippen LogP contribution in [0.4, 0.5) is 0 Å². The maximum atomic E-state index is 10.3. The average molecular weight is 186 g/mol. The smallest absolute Gasteiger partial charge is 0.309 e. The lowest BCUT2D eigenvalue weighted by Crippen LogP contribution is -2.03. The maximum Gasteiger partial charge on any atom is 0.309 e. The first-order chi connectivity index (χ1) is 5.59. The Balaban J connectivity index is 2.93. The number of hydrogen-bond donors (Lipinski definition) is 1. The van der Waals surface area contributed by atoms with Crippen LogP contribution in [-0.2, 0) is 11.2 Å². The van der Waals surface area contributed by atoms with Gasteiger partial charge in [-0.05, 0) is 18.6 Å². The molecule has 0 aliphatic heterocycles. The predicted molar refractivity (Wildman–Crippen MR) is 45.3 cm³/mol. The third kappa shape index (κ3) is 2.20. The van der Waals surface area contributed by atoms with Crippen LogP contribution in [0.3, 0.4) is 0 Å². The molecule has 0 spiro atoms. The van der Waals surface area contributed by atoms with E-state index in [-0.39, 0.29) is 6.42 Å². The predicted octanol–water partition coefficient (Wildman–Crippen LogP) is 1.67. The topological polar surface area (TPSA) is 50.2 Å². The number of nitrogens with zero attached hydrogens (tertiary/aromatic N) is 1. The van der Waals surface area contributed by atoms with E-state index in [9.17, 15) is 4.79 Å². The number of aliphatic carboxylic acids is 1. The fraction of sp³-hybridized carbons (Fsp3) is 0.250. The molecule has 0 radical (unpaired) electrons. The summed E-state index contributed by atoms with van der Waals surface area (Å²) in [5, 5.41) is 9.02. The van der Waals surface area contributed by atoms with Crippen LogP contribution in [-0.4, -0.2) is 16.1 Å². The Kier molecular flexibility index (Phi) is 2.65. The number of rotatable bonds is 2. The van der Waals surface area contributed by atoms with Crippen molar-refractivity contribution in [2.24, 2.45) is 0 Å². The van der Waals surface area contributed by atoms with Crippen molar-refractivity contribution in [3.8, 4) is 0 Å². The van der Waals surface area contributed by atoms with E-state index in [0.29, 0.717) is 10.7 Å². The van der Waals surface area contributed by atoms with Crippen LogP contribution in [0.15, 0.2) is 12.3 Å². The molecular weight excluding hydrogens is 178 g/mol. The summed E-state index contributed by atoms with van der Waals surface area (Å²) in [6.45, 7) is 1.79. The van der Waals surface area contributed by atoms with Crippen LogP contribution in [0.25, 0.3) is 0 Å². The van der Waals surface area contributed by atoms with Gasteiger partial charge in [-0.1, -0.05) is 11.6 Å². The lowest BCUT2D eigenvalue weighted by Gasteiger charge is -2.00. The highest BCUT2D eigenvalue weighted by Crippen LogP contribution is 2.12. The maximum absolute atomic E-state index is 10.3. The molecule has 1 heterocycles. The number of carboxylic acid groups (broad SMARTS) is 1. The first-order valence-corrected chi connectivity index (χ1v) is 3.80. The summed E-state index contributed by atoms with van der Waals surface area (Å²) in [4.78, 5) is 14.2. The number of halogens is 1. The molecule has 0 bridgehead atoms. The fourth-order valence-corrected chi connectivity index (χ4v) is 1.11. The number of aryl methyl sites for hydroxylation is 1. The highest BCUT2D eigenvalue weighted by molar-refractivity contribution is 6.30. The van der Waals surface area contributed by atoms with Gasteiger partial charge in [0.15, 0.2) is 0 Å². The van der Waals surface area contributed by atoms with Crippen molar-refractivity contribution in [2.75, 3.05) is 0 Å². The minimum Gasteiger partial charge on any atom is -0.481 e. The van der Waals surface area contributed by atoms with Gasteiger partial charge < -0.3 is 5.11 Å². The molecule has 1 aromatic rings. The molecule has 0 aromatic carbocycles. The Morgan fingerprint density at radius 2 is 2.42 bits per heavy atom. The molecule has 64 valence electrons. The average Bonchev–Trinajstić information content (AvgIpc) is 1.94. The molecule has 12 heavy (non-hydrogen) atoms. The highest BCUT2D eigenvalue weighted by Gasteiger charge is 2.05. The van der Waals surface area contributed by atoms with Gasteiger partial charge in [0.25, 0.3) is 0 Å². The van der Waals surface area contributed by atoms with E-state index < -0.39 is 5.97 Å². The monoisotopic (exact) mass is 185 g/mol. The second-order valence-corrected chi connectivity index (χ2v) is 2.92. The summed E-state index contributed by atoms with van der Waals surface area (Å²) in [5.41, 5.74) is 1.37. The number of aromatic nitrogens is 1. The third-order valence-corrected chi connectivity index (χ3v) is 1.68. The largest absolute Gasteiger partial charge is 0.481 e. The van der Waals surface area contributed by atoms with Crippen LogP contribution >= 0.6 is 11.6 Å². The molecule has 1 aromatic heterocycles. The molecule has 1 N–H and O–H groups in total. The summed E-state index contributed by atoms with van der Waals surface area (Å²) < 4.78 is 0. The summed E-state index contributed by atoms with van der Waals surface area (Å²) in [6, 6.07) is 1.70. The van der Waals surface area contributed by atoms with Crippen molar-refractivity contribution in [2.45, 2.75) is 13.3 Å². The van der Waals surface area contributed by atoms with Crippen LogP contribution < -0.4 is 0 Å². The van der Waals surface area contributed by atoms with Gasteiger partial charge in [0.05, 0.1) is 17.1 Å². The van der Waals surface area contributed by atoms with Crippen molar-refractivity contribution >= 4 is 17.6 Å². The van der Waals surface area contributed by atoms with E-state index >= 15 is 0 Å². The second-order valence-electron chi connectivity index (χ2n) is 2.49. The minimum atomic E-state index is -0.882. The van der Waals surface area contributed by atoms with E-state index in [1.54, 1.807) is 13.0 Å². The third-order valence-electron chi connectivity index (χ3n) is 1.47. The zero-order chi connectivity index (χ0) is 9.14. The Labute approximate surface area is 75.0 Å². The normalized spacial score (nSPS) is 9.83. The van der Waals surface area contributed by atoms with Crippen molar-refractivity contribution in [1.29, 1.82) is 0 Å². The lowest BCUT2D eigenvalue weighted by atomic mass is 10.2. The van der Waals surface area contributed by atoms with Gasteiger partial charge in [0, 0.05) is 6.20 Å². The number of hydrogen-bond acceptors (Lipinski definition) is 2. The minimum absolute atomic E-state index is 0.0526. The number of pyridine rings is 1. The van der Waals surface area contributed by atoms with E-state index in [1.807, 2.05) is 0 Å². The Hall–Kier alpha value is -1.09. The van der Waals surface area contributed by atoms with Crippen LogP contribution in [0, 0.1) is 6.92 Å². The second kappa shape index (κ2) is 3.54. The molecule has 4 heteroatoms. The Morgan fingerprint density at radius 1 is 1.75 bits per heavy atom. The van der Waals surface area contributed by atoms with Gasteiger partial charge in [-0.25, -0.2) is 0 Å². The molecular formula is C8H8ClNO2. The molecule has 0 atom stereocenters. The first-order valence-electron chi connectivity index (χ1n) is 3.42. The molecule has 0 unspecified atom stereocenters. The van der Waals surface area contributed by atoms with E-state index in [1.165, 1.54) is 6.20 Å². The van der Waals surface area contributed by atoms with Crippen molar-refractivity contribution in [3.05, 3.63) is 28.5 Å². The van der Waals surface area contributed by atoms with Gasteiger partial charge in [-0.3, -0.25) is 9.78 Å². The highest BCUT2D eigenvalue weighted by atomic mass is 35.5. The van der Waals surface area contributed by atoms with E-state index in [4.69, 9.17) is 16.7 Å². The van der Waals surface area contributed by atoms with E-state index in [2.05, 4.69) is 4.98 Å². The molecule has 0 amide bonds. The van der Waals surface area contributed by atoms with Crippen LogP contribution in [0.1, 0.15) is 11.3 Å². The fourth-order valence-electron chi connectivity index (χ4n) is 0.897. The summed E-state index contributed by atoms with van der Waals surface area (Å²) in [6.07, 6.45) is 1.40. The van der Waals surface area contributed by atoms with Crippen molar-refractivity contribution in [3.63, 3.8) is 0 Å². The summed E-state index contributed by atoms with van der Waals surface area (Å²) in [7, 11) is 0. The first kappa shape index (κ1) is 9.00. The van der Waals surface area contributed by atoms with Crippen LogP contribution in [0.5, 0.6) is 0 Å². The van der Waals surface area contributed by atoms with Gasteiger partial charge in [0.1, 0.15) is 0 Å². The van der Waals surface area contributed by atoms with Gasteiger partial charge in [-0.2, -0.15) is 0 Å². The van der Waals surface area contributed by atoms with Gasteiger partial charge in [-0.15, -0.1) is 0 Å². The zero-order valence-electron chi connectivity index (χ0n) is 6.54. The molecule has 0 saturated carbocycles. The quantitative estimate of drug-likeness (QED) is 0.763. The summed E-state index contributed by atoms with van der Waals surface area (Å²) in [5.74, 6) is -0.882. The Morgan fingerprint density at radius 3 is 2.92 bits per heavy atom. The molecule has 3 nitrogen and oxygen atoms in total. The van der Waals surface area contributed by atoms with Gasteiger partial charge >= 0.3 is 5.97 Å². The standard InChI is InChI=1S/C8H8ClNO2/c1-5-2-6(9)4-10-7(5)3-8(11)12/h2,4H,3H2,1H3,(H,11,12). The molecule has 1 rings (SSSR count). The summed E-state index contributed by atoms with van der Waals surface area (Å²) >= 11 is 5.64. The molecule has 0 aliphatic rings. The van der Waals surface area contributed by atoms with E-state index in [0.717, 1.165) is 5.56 Å².